The molecule has 0 saturated carbocycles. The SMILES string of the molecule is O=C(COCC1CCCO1)N1CCCC(n2cncn2)C1. The zero-order valence-electron chi connectivity index (χ0n) is 12.2. The second-order valence-electron chi connectivity index (χ2n) is 5.66. The largest absolute Gasteiger partial charge is 0.376 e. The third kappa shape index (κ3) is 3.79. The molecule has 0 radical (unpaired) electrons. The number of likely N-dealkylation sites (tertiary alicyclic amines) is 1. The predicted molar refractivity (Wildman–Crippen MR) is 74.7 cm³/mol. The Morgan fingerprint density at radius 1 is 1.38 bits per heavy atom. The number of hydrogen-bond acceptors (Lipinski definition) is 5. The van der Waals surface area contributed by atoms with Gasteiger partial charge < -0.3 is 14.4 Å². The number of ether oxygens (including phenoxy) is 2. The maximum absolute atomic E-state index is 12.2. The van der Waals surface area contributed by atoms with Gasteiger partial charge in [-0.1, -0.05) is 0 Å². The van der Waals surface area contributed by atoms with E-state index in [9.17, 15) is 4.79 Å². The van der Waals surface area contributed by atoms with Gasteiger partial charge in [0, 0.05) is 19.7 Å². The summed E-state index contributed by atoms with van der Waals surface area (Å²) in [6, 6.07) is 0.225. The van der Waals surface area contributed by atoms with E-state index >= 15 is 0 Å². The van der Waals surface area contributed by atoms with Crippen LogP contribution in [-0.2, 0) is 14.3 Å². The van der Waals surface area contributed by atoms with Crippen molar-refractivity contribution in [1.82, 2.24) is 19.7 Å². The predicted octanol–water partition coefficient (Wildman–Crippen LogP) is 0.637. The van der Waals surface area contributed by atoms with E-state index < -0.39 is 0 Å². The lowest BCUT2D eigenvalue weighted by atomic mass is 10.1. The fourth-order valence-electron chi connectivity index (χ4n) is 2.95. The van der Waals surface area contributed by atoms with Gasteiger partial charge in [-0.25, -0.2) is 9.67 Å². The van der Waals surface area contributed by atoms with Gasteiger partial charge in [0.25, 0.3) is 0 Å². The van der Waals surface area contributed by atoms with Gasteiger partial charge in [0.1, 0.15) is 19.3 Å². The summed E-state index contributed by atoms with van der Waals surface area (Å²) in [4.78, 5) is 18.0. The van der Waals surface area contributed by atoms with E-state index in [4.69, 9.17) is 9.47 Å². The molecule has 0 N–H and O–H groups in total. The van der Waals surface area contributed by atoms with Crippen molar-refractivity contribution in [3.63, 3.8) is 0 Å². The highest BCUT2D eigenvalue weighted by molar-refractivity contribution is 5.77. The lowest BCUT2D eigenvalue weighted by Gasteiger charge is -2.32. The Hall–Kier alpha value is -1.47. The van der Waals surface area contributed by atoms with E-state index in [1.807, 2.05) is 9.58 Å². The fraction of sp³-hybridized carbons (Fsp3) is 0.786. The summed E-state index contributed by atoms with van der Waals surface area (Å²) in [5.41, 5.74) is 0. The molecule has 0 aliphatic carbocycles. The molecule has 1 aromatic rings. The third-order valence-corrected chi connectivity index (χ3v) is 4.11. The molecule has 0 aromatic carbocycles. The topological polar surface area (TPSA) is 69.5 Å². The van der Waals surface area contributed by atoms with Crippen molar-refractivity contribution in [2.24, 2.45) is 0 Å². The Bertz CT molecular complexity index is 445. The van der Waals surface area contributed by atoms with Crippen LogP contribution in [0.2, 0.25) is 0 Å². The third-order valence-electron chi connectivity index (χ3n) is 4.11. The average Bonchev–Trinajstić information content (AvgIpc) is 3.21. The van der Waals surface area contributed by atoms with Crippen molar-refractivity contribution in [1.29, 1.82) is 0 Å². The molecule has 116 valence electrons. The minimum absolute atomic E-state index is 0.0535. The van der Waals surface area contributed by atoms with Gasteiger partial charge in [-0.2, -0.15) is 5.10 Å². The van der Waals surface area contributed by atoms with Crippen LogP contribution in [-0.4, -0.2) is 64.6 Å². The van der Waals surface area contributed by atoms with Crippen LogP contribution in [0.3, 0.4) is 0 Å². The number of rotatable bonds is 5. The molecule has 3 rings (SSSR count). The van der Waals surface area contributed by atoms with Crippen LogP contribution in [0.1, 0.15) is 31.7 Å². The first-order valence-electron chi connectivity index (χ1n) is 7.64. The molecule has 7 nitrogen and oxygen atoms in total. The molecule has 1 amide bonds. The van der Waals surface area contributed by atoms with Crippen LogP contribution >= 0.6 is 0 Å². The summed E-state index contributed by atoms with van der Waals surface area (Å²) in [5.74, 6) is 0.0535. The molecule has 1 aromatic heterocycles. The van der Waals surface area contributed by atoms with Crippen molar-refractivity contribution < 1.29 is 14.3 Å². The second-order valence-corrected chi connectivity index (χ2v) is 5.66. The highest BCUT2D eigenvalue weighted by Gasteiger charge is 2.25. The molecule has 2 aliphatic rings. The van der Waals surface area contributed by atoms with E-state index in [0.717, 1.165) is 38.8 Å². The van der Waals surface area contributed by atoms with E-state index in [0.29, 0.717) is 13.2 Å². The Morgan fingerprint density at radius 2 is 2.33 bits per heavy atom. The van der Waals surface area contributed by atoms with Gasteiger partial charge in [0.05, 0.1) is 18.8 Å². The van der Waals surface area contributed by atoms with Gasteiger partial charge in [0.2, 0.25) is 5.91 Å². The first kappa shape index (κ1) is 14.5. The second kappa shape index (κ2) is 7.00. The summed E-state index contributed by atoms with van der Waals surface area (Å²) in [7, 11) is 0. The van der Waals surface area contributed by atoms with Crippen LogP contribution in [0.25, 0.3) is 0 Å². The molecule has 2 aliphatic heterocycles. The van der Waals surface area contributed by atoms with Crippen LogP contribution in [0.15, 0.2) is 12.7 Å². The van der Waals surface area contributed by atoms with E-state index in [2.05, 4.69) is 10.1 Å². The Labute approximate surface area is 124 Å². The summed E-state index contributed by atoms with van der Waals surface area (Å²) in [5, 5.41) is 4.17. The molecular weight excluding hydrogens is 272 g/mol. The minimum atomic E-state index is 0.0535. The number of aromatic nitrogens is 3. The normalized spacial score (nSPS) is 26.2. The number of carbonyl (C=O) groups is 1. The van der Waals surface area contributed by atoms with E-state index in [1.165, 1.54) is 6.33 Å². The number of hydrogen-bond donors (Lipinski definition) is 0. The first-order chi connectivity index (χ1) is 10.3. The van der Waals surface area contributed by atoms with Crippen LogP contribution in [0.4, 0.5) is 0 Å². The molecule has 0 bridgehead atoms. The van der Waals surface area contributed by atoms with Crippen molar-refractivity contribution in [2.45, 2.75) is 37.8 Å². The summed E-state index contributed by atoms with van der Waals surface area (Å²) in [6.07, 6.45) is 7.56. The van der Waals surface area contributed by atoms with Crippen molar-refractivity contribution in [3.05, 3.63) is 12.7 Å². The lowest BCUT2D eigenvalue weighted by Crippen LogP contribution is -2.42. The number of carbonyl (C=O) groups excluding carboxylic acids is 1. The number of piperidine rings is 1. The first-order valence-corrected chi connectivity index (χ1v) is 7.64. The highest BCUT2D eigenvalue weighted by atomic mass is 16.5. The molecule has 21 heavy (non-hydrogen) atoms. The average molecular weight is 294 g/mol. The number of nitrogens with zero attached hydrogens (tertiary/aromatic N) is 4. The van der Waals surface area contributed by atoms with Crippen LogP contribution in [0, 0.1) is 0 Å². The van der Waals surface area contributed by atoms with Gasteiger partial charge in [-0.05, 0) is 25.7 Å². The molecule has 7 heteroatoms. The maximum atomic E-state index is 12.2. The fourth-order valence-corrected chi connectivity index (χ4v) is 2.95. The van der Waals surface area contributed by atoms with Gasteiger partial charge in [0.15, 0.2) is 0 Å². The van der Waals surface area contributed by atoms with Gasteiger partial charge in [-0.3, -0.25) is 4.79 Å². The zero-order valence-corrected chi connectivity index (χ0v) is 12.2. The molecule has 0 spiro atoms. The summed E-state index contributed by atoms with van der Waals surface area (Å²) in [6.45, 7) is 2.96. The Balaban J connectivity index is 1.43. The molecule has 3 heterocycles. The smallest absolute Gasteiger partial charge is 0.248 e. The van der Waals surface area contributed by atoms with E-state index in [1.54, 1.807) is 6.33 Å². The molecule has 2 fully saturated rings. The van der Waals surface area contributed by atoms with Crippen molar-refractivity contribution in [3.8, 4) is 0 Å². The van der Waals surface area contributed by atoms with E-state index in [-0.39, 0.29) is 24.7 Å². The quantitative estimate of drug-likeness (QED) is 0.797. The summed E-state index contributed by atoms with van der Waals surface area (Å²) >= 11 is 0. The van der Waals surface area contributed by atoms with Gasteiger partial charge >= 0.3 is 0 Å². The number of amides is 1. The molecule has 2 saturated heterocycles. The Kier molecular flexibility index (Phi) is 4.82. The Morgan fingerprint density at radius 3 is 3.10 bits per heavy atom. The molecule has 2 atom stereocenters. The maximum Gasteiger partial charge on any atom is 0.248 e. The zero-order chi connectivity index (χ0) is 14.5. The lowest BCUT2D eigenvalue weighted by molar-refractivity contribution is -0.139. The van der Waals surface area contributed by atoms with Gasteiger partial charge in [-0.15, -0.1) is 0 Å². The minimum Gasteiger partial charge on any atom is -0.376 e. The monoisotopic (exact) mass is 294 g/mol. The molecule has 2 unspecified atom stereocenters. The van der Waals surface area contributed by atoms with Crippen molar-refractivity contribution >= 4 is 5.91 Å². The highest BCUT2D eigenvalue weighted by Crippen LogP contribution is 2.20. The molecular formula is C14H22N4O3. The van der Waals surface area contributed by atoms with Crippen LogP contribution < -0.4 is 0 Å². The van der Waals surface area contributed by atoms with Crippen molar-refractivity contribution in [2.75, 3.05) is 32.9 Å². The standard InChI is InChI=1S/C14H22N4O3/c19-14(9-20-8-13-4-2-6-21-13)17-5-1-3-12(7-17)18-11-15-10-16-18/h10-13H,1-9H2. The van der Waals surface area contributed by atoms with Crippen LogP contribution in [0.5, 0.6) is 0 Å². The summed E-state index contributed by atoms with van der Waals surface area (Å²) < 4.78 is 12.8.